The van der Waals surface area contributed by atoms with Crippen LogP contribution >= 0.6 is 0 Å². The number of carbonyl (C=O) groups is 2. The first-order valence-electron chi connectivity index (χ1n) is 7.86. The van der Waals surface area contributed by atoms with Crippen molar-refractivity contribution in [3.05, 3.63) is 29.3 Å². The van der Waals surface area contributed by atoms with Crippen molar-refractivity contribution >= 4 is 17.7 Å². The third-order valence-electron chi connectivity index (χ3n) is 4.20. The predicted octanol–water partition coefficient (Wildman–Crippen LogP) is 2.40. The van der Waals surface area contributed by atoms with E-state index in [-0.39, 0.29) is 12.0 Å². The van der Waals surface area contributed by atoms with Crippen molar-refractivity contribution in [2.45, 2.75) is 44.8 Å². The molecule has 2 aliphatic heterocycles. The molecule has 6 heteroatoms. The highest BCUT2D eigenvalue weighted by Crippen LogP contribution is 2.39. The summed E-state index contributed by atoms with van der Waals surface area (Å²) in [6, 6.07) is 5.57. The molecule has 2 N–H and O–H groups in total. The molecule has 1 aromatic rings. The number of aliphatic hydroxyl groups excluding tert-OH is 1. The van der Waals surface area contributed by atoms with Gasteiger partial charge in [0.15, 0.2) is 6.10 Å². The van der Waals surface area contributed by atoms with Gasteiger partial charge in [0, 0.05) is 30.3 Å². The van der Waals surface area contributed by atoms with Crippen LogP contribution in [-0.2, 0) is 9.53 Å². The number of anilines is 1. The number of fused-ring (bicyclic) bond motifs is 1. The summed E-state index contributed by atoms with van der Waals surface area (Å²) < 4.78 is 5.41. The minimum atomic E-state index is -1.13. The lowest BCUT2D eigenvalue weighted by Gasteiger charge is -2.24. The summed E-state index contributed by atoms with van der Waals surface area (Å²) in [6.07, 6.45) is -0.657. The SMILES string of the molecule is CC(C)(C)OC(=O)N1CCC(c2cccc3c2C(O)C(=O)N3)C1. The quantitative estimate of drug-likeness (QED) is 0.833. The molecular formula is C17H22N2O4. The monoisotopic (exact) mass is 318 g/mol. The summed E-state index contributed by atoms with van der Waals surface area (Å²) in [5, 5.41) is 12.8. The van der Waals surface area contributed by atoms with Gasteiger partial charge in [0.05, 0.1) is 0 Å². The van der Waals surface area contributed by atoms with Crippen LogP contribution in [0.4, 0.5) is 10.5 Å². The molecule has 124 valence electrons. The highest BCUT2D eigenvalue weighted by molar-refractivity contribution is 6.02. The van der Waals surface area contributed by atoms with E-state index in [1.54, 1.807) is 11.0 Å². The topological polar surface area (TPSA) is 78.9 Å². The molecule has 1 fully saturated rings. The molecule has 0 bridgehead atoms. The number of amides is 2. The van der Waals surface area contributed by atoms with Crippen LogP contribution in [0.1, 0.15) is 50.3 Å². The molecule has 0 spiro atoms. The van der Waals surface area contributed by atoms with Crippen molar-refractivity contribution in [3.8, 4) is 0 Å². The van der Waals surface area contributed by atoms with E-state index in [9.17, 15) is 14.7 Å². The Kier molecular flexibility index (Phi) is 3.80. The molecule has 0 aromatic heterocycles. The number of likely N-dealkylation sites (tertiary alicyclic amines) is 1. The van der Waals surface area contributed by atoms with E-state index in [0.29, 0.717) is 24.3 Å². The second kappa shape index (κ2) is 5.53. The van der Waals surface area contributed by atoms with Gasteiger partial charge < -0.3 is 20.1 Å². The molecule has 1 aromatic carbocycles. The smallest absolute Gasteiger partial charge is 0.410 e. The van der Waals surface area contributed by atoms with E-state index in [2.05, 4.69) is 5.32 Å². The number of aliphatic hydroxyl groups is 1. The Morgan fingerprint density at radius 1 is 1.39 bits per heavy atom. The first-order chi connectivity index (χ1) is 10.8. The maximum Gasteiger partial charge on any atom is 0.410 e. The summed E-state index contributed by atoms with van der Waals surface area (Å²) >= 11 is 0. The van der Waals surface area contributed by atoms with Crippen molar-refractivity contribution in [3.63, 3.8) is 0 Å². The Morgan fingerprint density at radius 2 is 2.13 bits per heavy atom. The lowest BCUT2D eigenvalue weighted by molar-refractivity contribution is -0.123. The molecule has 3 rings (SSSR count). The highest BCUT2D eigenvalue weighted by atomic mass is 16.6. The van der Waals surface area contributed by atoms with Gasteiger partial charge in [-0.25, -0.2) is 4.79 Å². The van der Waals surface area contributed by atoms with E-state index in [1.165, 1.54) is 0 Å². The molecular weight excluding hydrogens is 296 g/mol. The van der Waals surface area contributed by atoms with Crippen LogP contribution in [-0.4, -0.2) is 40.7 Å². The van der Waals surface area contributed by atoms with Crippen molar-refractivity contribution in [1.82, 2.24) is 4.90 Å². The Balaban J connectivity index is 1.77. The Morgan fingerprint density at radius 3 is 2.83 bits per heavy atom. The molecule has 0 radical (unpaired) electrons. The van der Waals surface area contributed by atoms with E-state index in [0.717, 1.165) is 12.0 Å². The molecule has 2 heterocycles. The van der Waals surface area contributed by atoms with Gasteiger partial charge in [-0.3, -0.25) is 4.79 Å². The predicted molar refractivity (Wildman–Crippen MR) is 85.2 cm³/mol. The van der Waals surface area contributed by atoms with E-state index in [1.807, 2.05) is 32.9 Å². The second-order valence-electron chi connectivity index (χ2n) is 7.11. The minimum absolute atomic E-state index is 0.0971. The van der Waals surface area contributed by atoms with E-state index in [4.69, 9.17) is 4.74 Å². The lowest BCUT2D eigenvalue weighted by Crippen LogP contribution is -2.35. The summed E-state index contributed by atoms with van der Waals surface area (Å²) in [5.41, 5.74) is 1.72. The first-order valence-corrected chi connectivity index (χ1v) is 7.86. The molecule has 2 atom stereocenters. The third-order valence-corrected chi connectivity index (χ3v) is 4.20. The Labute approximate surface area is 135 Å². The normalized spacial score (nSPS) is 23.7. The fourth-order valence-electron chi connectivity index (χ4n) is 3.19. The average Bonchev–Trinajstić information content (AvgIpc) is 3.03. The molecule has 23 heavy (non-hydrogen) atoms. The fourth-order valence-corrected chi connectivity index (χ4v) is 3.19. The number of ether oxygens (including phenoxy) is 1. The zero-order valence-electron chi connectivity index (χ0n) is 13.6. The van der Waals surface area contributed by atoms with Gasteiger partial charge in [0.1, 0.15) is 5.60 Å². The molecule has 0 aliphatic carbocycles. The zero-order chi connectivity index (χ0) is 16.8. The number of hydrogen-bond acceptors (Lipinski definition) is 4. The molecule has 0 saturated carbocycles. The van der Waals surface area contributed by atoms with Crippen LogP contribution < -0.4 is 5.32 Å². The molecule has 2 amide bonds. The fraction of sp³-hybridized carbons (Fsp3) is 0.529. The summed E-state index contributed by atoms with van der Waals surface area (Å²) in [6.45, 7) is 6.68. The van der Waals surface area contributed by atoms with Crippen molar-refractivity contribution in [2.75, 3.05) is 18.4 Å². The number of carbonyl (C=O) groups excluding carboxylic acids is 2. The molecule has 6 nitrogen and oxygen atoms in total. The number of nitrogens with one attached hydrogen (secondary N) is 1. The summed E-state index contributed by atoms with van der Waals surface area (Å²) in [4.78, 5) is 25.5. The van der Waals surface area contributed by atoms with E-state index >= 15 is 0 Å². The summed E-state index contributed by atoms with van der Waals surface area (Å²) in [7, 11) is 0. The zero-order valence-corrected chi connectivity index (χ0v) is 13.6. The van der Waals surface area contributed by atoms with Gasteiger partial charge in [-0.1, -0.05) is 12.1 Å². The van der Waals surface area contributed by atoms with Crippen LogP contribution in [0.3, 0.4) is 0 Å². The summed E-state index contributed by atoms with van der Waals surface area (Å²) in [5.74, 6) is -0.297. The van der Waals surface area contributed by atoms with Crippen molar-refractivity contribution in [2.24, 2.45) is 0 Å². The van der Waals surface area contributed by atoms with Crippen LogP contribution in [0.15, 0.2) is 18.2 Å². The Bertz CT molecular complexity index is 650. The van der Waals surface area contributed by atoms with Gasteiger partial charge in [-0.2, -0.15) is 0 Å². The number of nitrogens with zero attached hydrogens (tertiary/aromatic N) is 1. The van der Waals surface area contributed by atoms with Crippen LogP contribution in [0.2, 0.25) is 0 Å². The maximum atomic E-state index is 12.2. The highest BCUT2D eigenvalue weighted by Gasteiger charge is 2.36. The third kappa shape index (κ3) is 3.03. The average molecular weight is 318 g/mol. The van der Waals surface area contributed by atoms with Gasteiger partial charge in [-0.05, 0) is 38.8 Å². The number of hydrogen-bond donors (Lipinski definition) is 2. The Hall–Kier alpha value is -2.08. The van der Waals surface area contributed by atoms with Gasteiger partial charge >= 0.3 is 6.09 Å². The van der Waals surface area contributed by atoms with Gasteiger partial charge in [-0.15, -0.1) is 0 Å². The maximum absolute atomic E-state index is 12.2. The molecule has 2 unspecified atom stereocenters. The van der Waals surface area contributed by atoms with Gasteiger partial charge in [0.2, 0.25) is 0 Å². The standard InChI is InChI=1S/C17H22N2O4/c1-17(2,3)23-16(22)19-8-7-10(9-19)11-5-4-6-12-13(11)14(20)15(21)18-12/h4-6,10,14,20H,7-9H2,1-3H3,(H,18,21). The first kappa shape index (κ1) is 15.8. The lowest BCUT2D eigenvalue weighted by atomic mass is 9.91. The van der Waals surface area contributed by atoms with E-state index < -0.39 is 17.6 Å². The molecule has 2 aliphatic rings. The molecule has 1 saturated heterocycles. The minimum Gasteiger partial charge on any atom is -0.444 e. The van der Waals surface area contributed by atoms with Crippen molar-refractivity contribution in [1.29, 1.82) is 0 Å². The number of benzene rings is 1. The van der Waals surface area contributed by atoms with Crippen LogP contribution in [0.25, 0.3) is 0 Å². The van der Waals surface area contributed by atoms with Gasteiger partial charge in [0.25, 0.3) is 5.91 Å². The second-order valence-corrected chi connectivity index (χ2v) is 7.11. The largest absolute Gasteiger partial charge is 0.444 e. The van der Waals surface area contributed by atoms with Crippen LogP contribution in [0.5, 0.6) is 0 Å². The van der Waals surface area contributed by atoms with Crippen molar-refractivity contribution < 1.29 is 19.4 Å². The van der Waals surface area contributed by atoms with Crippen LogP contribution in [0, 0.1) is 0 Å². The number of rotatable bonds is 1.